The predicted molar refractivity (Wildman–Crippen MR) is 66.1 cm³/mol. The number of nitrogens with one attached hydrogen (secondary N) is 1. The van der Waals surface area contributed by atoms with Gasteiger partial charge in [0.1, 0.15) is 0 Å². The normalized spacial score (nSPS) is 14.6. The molecule has 0 aromatic heterocycles. The first-order valence-electron chi connectivity index (χ1n) is 5.92. The van der Waals surface area contributed by atoms with Crippen molar-refractivity contribution >= 4 is 0 Å². The first kappa shape index (κ1) is 14.9. The molecule has 0 radical (unpaired) electrons. The summed E-state index contributed by atoms with van der Waals surface area (Å²) < 4.78 is 0. The van der Waals surface area contributed by atoms with Crippen LogP contribution in [0.2, 0.25) is 0 Å². The standard InChI is InChI=1S/C12H28N2O/c1-6-7-13-11(9-15)8-14(5)10-12(2,3)4/h11,13,15H,6-10H2,1-5H3. The second kappa shape index (κ2) is 7.20. The lowest BCUT2D eigenvalue weighted by Gasteiger charge is -2.29. The second-order valence-corrected chi connectivity index (χ2v) is 5.59. The molecule has 0 aliphatic heterocycles. The van der Waals surface area contributed by atoms with Crippen molar-refractivity contribution in [3.8, 4) is 0 Å². The highest BCUT2D eigenvalue weighted by molar-refractivity contribution is 4.73. The molecule has 0 saturated carbocycles. The summed E-state index contributed by atoms with van der Waals surface area (Å²) in [5.41, 5.74) is 0.319. The lowest BCUT2D eigenvalue weighted by Crippen LogP contribution is -2.44. The molecule has 0 aliphatic rings. The van der Waals surface area contributed by atoms with Crippen LogP contribution in [0, 0.1) is 5.41 Å². The van der Waals surface area contributed by atoms with Crippen molar-refractivity contribution in [1.29, 1.82) is 0 Å². The minimum absolute atomic E-state index is 0.206. The summed E-state index contributed by atoms with van der Waals surface area (Å²) in [7, 11) is 2.11. The van der Waals surface area contributed by atoms with Crippen LogP contribution in [0.1, 0.15) is 34.1 Å². The van der Waals surface area contributed by atoms with E-state index >= 15 is 0 Å². The zero-order chi connectivity index (χ0) is 11.9. The molecule has 2 N–H and O–H groups in total. The molecule has 0 fully saturated rings. The summed E-state index contributed by atoms with van der Waals surface area (Å²) in [4.78, 5) is 2.28. The topological polar surface area (TPSA) is 35.5 Å². The Kier molecular flexibility index (Phi) is 7.14. The van der Waals surface area contributed by atoms with Crippen molar-refractivity contribution in [2.45, 2.75) is 40.2 Å². The van der Waals surface area contributed by atoms with Gasteiger partial charge in [-0.05, 0) is 25.4 Å². The Morgan fingerprint density at radius 3 is 2.33 bits per heavy atom. The number of likely N-dealkylation sites (N-methyl/N-ethyl adjacent to an activating group) is 1. The van der Waals surface area contributed by atoms with E-state index in [0.717, 1.165) is 26.1 Å². The largest absolute Gasteiger partial charge is 0.395 e. The van der Waals surface area contributed by atoms with E-state index in [2.05, 4.69) is 45.0 Å². The van der Waals surface area contributed by atoms with Crippen molar-refractivity contribution < 1.29 is 5.11 Å². The monoisotopic (exact) mass is 216 g/mol. The SMILES string of the molecule is CCCNC(CO)CN(C)CC(C)(C)C. The van der Waals surface area contributed by atoms with Crippen LogP contribution in [-0.2, 0) is 0 Å². The summed E-state index contributed by atoms with van der Waals surface area (Å²) in [6, 6.07) is 0.206. The Morgan fingerprint density at radius 1 is 1.33 bits per heavy atom. The van der Waals surface area contributed by atoms with Gasteiger partial charge >= 0.3 is 0 Å². The van der Waals surface area contributed by atoms with E-state index in [1.54, 1.807) is 0 Å². The van der Waals surface area contributed by atoms with E-state index in [0.29, 0.717) is 5.41 Å². The van der Waals surface area contributed by atoms with Crippen LogP contribution in [0.15, 0.2) is 0 Å². The Labute approximate surface area is 94.9 Å². The molecule has 0 bridgehead atoms. The molecule has 0 aliphatic carbocycles. The minimum Gasteiger partial charge on any atom is -0.395 e. The second-order valence-electron chi connectivity index (χ2n) is 5.59. The lowest BCUT2D eigenvalue weighted by molar-refractivity contribution is 0.168. The molecule has 0 saturated heterocycles. The summed E-state index contributed by atoms with van der Waals surface area (Å²) in [5, 5.41) is 12.6. The van der Waals surface area contributed by atoms with Gasteiger partial charge in [0.25, 0.3) is 0 Å². The molecule has 0 spiro atoms. The maximum Gasteiger partial charge on any atom is 0.0597 e. The predicted octanol–water partition coefficient (Wildman–Crippen LogP) is 1.32. The van der Waals surface area contributed by atoms with E-state index in [1.165, 1.54) is 0 Å². The average Bonchev–Trinajstić information content (AvgIpc) is 2.09. The molecule has 0 amide bonds. The highest BCUT2D eigenvalue weighted by Crippen LogP contribution is 2.13. The van der Waals surface area contributed by atoms with Crippen molar-refractivity contribution in [2.75, 3.05) is 33.3 Å². The van der Waals surface area contributed by atoms with Crippen molar-refractivity contribution in [3.05, 3.63) is 0 Å². The van der Waals surface area contributed by atoms with Crippen LogP contribution in [0.4, 0.5) is 0 Å². The molecular weight excluding hydrogens is 188 g/mol. The number of nitrogens with zero attached hydrogens (tertiary/aromatic N) is 1. The van der Waals surface area contributed by atoms with Gasteiger partial charge in [-0.25, -0.2) is 0 Å². The molecule has 0 heterocycles. The first-order chi connectivity index (χ1) is 6.89. The number of aliphatic hydroxyl groups excluding tert-OH is 1. The number of aliphatic hydroxyl groups is 1. The fraction of sp³-hybridized carbons (Fsp3) is 1.00. The van der Waals surface area contributed by atoms with Crippen LogP contribution < -0.4 is 5.32 Å². The highest BCUT2D eigenvalue weighted by atomic mass is 16.3. The molecule has 0 aromatic carbocycles. The van der Waals surface area contributed by atoms with Gasteiger partial charge in [-0.2, -0.15) is 0 Å². The van der Waals surface area contributed by atoms with Crippen LogP contribution in [-0.4, -0.2) is 49.3 Å². The zero-order valence-corrected chi connectivity index (χ0v) is 11.0. The molecular formula is C12H28N2O. The third-order valence-corrected chi connectivity index (χ3v) is 2.18. The fourth-order valence-corrected chi connectivity index (χ4v) is 1.79. The quantitative estimate of drug-likeness (QED) is 0.674. The van der Waals surface area contributed by atoms with Gasteiger partial charge in [0.2, 0.25) is 0 Å². The molecule has 3 nitrogen and oxygen atoms in total. The van der Waals surface area contributed by atoms with Crippen LogP contribution in [0.3, 0.4) is 0 Å². The van der Waals surface area contributed by atoms with E-state index in [4.69, 9.17) is 0 Å². The van der Waals surface area contributed by atoms with E-state index in [1.807, 2.05) is 0 Å². The van der Waals surface area contributed by atoms with Gasteiger partial charge in [-0.15, -0.1) is 0 Å². The summed E-state index contributed by atoms with van der Waals surface area (Å²) in [5.74, 6) is 0. The summed E-state index contributed by atoms with van der Waals surface area (Å²) in [6.45, 7) is 12.0. The van der Waals surface area contributed by atoms with Gasteiger partial charge in [-0.1, -0.05) is 27.7 Å². The van der Waals surface area contributed by atoms with Gasteiger partial charge in [0.05, 0.1) is 6.61 Å². The third-order valence-electron chi connectivity index (χ3n) is 2.18. The molecule has 0 rings (SSSR count). The average molecular weight is 216 g/mol. The molecule has 3 heteroatoms. The van der Waals surface area contributed by atoms with Gasteiger partial charge in [0.15, 0.2) is 0 Å². The van der Waals surface area contributed by atoms with Crippen molar-refractivity contribution in [2.24, 2.45) is 5.41 Å². The summed E-state index contributed by atoms with van der Waals surface area (Å²) >= 11 is 0. The van der Waals surface area contributed by atoms with Gasteiger partial charge < -0.3 is 15.3 Å². The molecule has 15 heavy (non-hydrogen) atoms. The van der Waals surface area contributed by atoms with Crippen LogP contribution in [0.25, 0.3) is 0 Å². The molecule has 1 atom stereocenters. The molecule has 92 valence electrons. The van der Waals surface area contributed by atoms with Crippen LogP contribution in [0.5, 0.6) is 0 Å². The maximum absolute atomic E-state index is 9.21. The van der Waals surface area contributed by atoms with Crippen molar-refractivity contribution in [3.63, 3.8) is 0 Å². The smallest absolute Gasteiger partial charge is 0.0597 e. The molecule has 1 unspecified atom stereocenters. The van der Waals surface area contributed by atoms with Crippen LogP contribution >= 0.6 is 0 Å². The van der Waals surface area contributed by atoms with E-state index in [-0.39, 0.29) is 12.6 Å². The van der Waals surface area contributed by atoms with Gasteiger partial charge in [0, 0.05) is 19.1 Å². The molecule has 0 aromatic rings. The highest BCUT2D eigenvalue weighted by Gasteiger charge is 2.16. The lowest BCUT2D eigenvalue weighted by atomic mass is 9.96. The number of hydrogen-bond acceptors (Lipinski definition) is 3. The Balaban J connectivity index is 3.85. The maximum atomic E-state index is 9.21. The first-order valence-corrected chi connectivity index (χ1v) is 5.92. The zero-order valence-electron chi connectivity index (χ0n) is 11.0. The third kappa shape index (κ3) is 8.85. The Morgan fingerprint density at radius 2 is 1.93 bits per heavy atom. The summed E-state index contributed by atoms with van der Waals surface area (Å²) in [6.07, 6.45) is 1.11. The number of hydrogen-bond donors (Lipinski definition) is 2. The van der Waals surface area contributed by atoms with E-state index in [9.17, 15) is 5.11 Å². The Hall–Kier alpha value is -0.120. The Bertz CT molecular complexity index is 154. The minimum atomic E-state index is 0.206. The fourth-order valence-electron chi connectivity index (χ4n) is 1.79. The van der Waals surface area contributed by atoms with E-state index < -0.39 is 0 Å². The van der Waals surface area contributed by atoms with Crippen molar-refractivity contribution in [1.82, 2.24) is 10.2 Å². The van der Waals surface area contributed by atoms with Gasteiger partial charge in [-0.3, -0.25) is 0 Å². The number of rotatable bonds is 7.